The molecule has 1 N–H and O–H groups in total. The zero-order valence-corrected chi connectivity index (χ0v) is 19.8. The second-order valence-electron chi connectivity index (χ2n) is 9.30. The van der Waals surface area contributed by atoms with Crippen molar-refractivity contribution in [2.45, 2.75) is 52.5 Å². The van der Waals surface area contributed by atoms with Crippen molar-refractivity contribution in [3.05, 3.63) is 60.8 Å². The van der Waals surface area contributed by atoms with Gasteiger partial charge >= 0.3 is 6.16 Å². The topological polar surface area (TPSA) is 84.7 Å². The Kier molecular flexibility index (Phi) is 7.01. The van der Waals surface area contributed by atoms with Crippen LogP contribution in [0.25, 0.3) is 16.8 Å². The predicted molar refractivity (Wildman–Crippen MR) is 131 cm³/mol. The van der Waals surface area contributed by atoms with E-state index in [4.69, 9.17) is 4.74 Å². The van der Waals surface area contributed by atoms with Crippen molar-refractivity contribution in [3.8, 4) is 22.6 Å². The zero-order chi connectivity index (χ0) is 24.2. The summed E-state index contributed by atoms with van der Waals surface area (Å²) >= 11 is 0. The zero-order valence-electron chi connectivity index (χ0n) is 19.8. The second kappa shape index (κ2) is 10.1. The van der Waals surface area contributed by atoms with Crippen molar-refractivity contribution in [1.82, 2.24) is 9.78 Å². The number of hydrogen-bond donors (Lipinski definition) is 1. The molecule has 0 spiro atoms. The highest BCUT2D eigenvalue weighted by Gasteiger charge is 2.34. The molecule has 0 radical (unpaired) electrons. The monoisotopic (exact) mass is 461 g/mol. The lowest BCUT2D eigenvalue weighted by molar-refractivity contribution is -0.124. The van der Waals surface area contributed by atoms with E-state index in [0.717, 1.165) is 42.5 Å². The molecule has 1 amide bonds. The SMILES string of the molecule is CC1CCC(C(=O)N(c2nn(-c3ccc(-c4ccccc4)cc3)cc2OC(=O)O)C(C)C)CC1. The van der Waals surface area contributed by atoms with Crippen LogP contribution >= 0.6 is 0 Å². The van der Waals surface area contributed by atoms with Gasteiger partial charge in [0.1, 0.15) is 0 Å². The fourth-order valence-corrected chi connectivity index (χ4v) is 4.56. The van der Waals surface area contributed by atoms with Crippen LogP contribution in [0.5, 0.6) is 5.75 Å². The maximum atomic E-state index is 13.5. The van der Waals surface area contributed by atoms with Crippen LogP contribution in [0.3, 0.4) is 0 Å². The van der Waals surface area contributed by atoms with Gasteiger partial charge in [-0.2, -0.15) is 0 Å². The van der Waals surface area contributed by atoms with Crippen molar-refractivity contribution < 1.29 is 19.4 Å². The molecule has 1 aliphatic rings. The van der Waals surface area contributed by atoms with Crippen LogP contribution in [0.1, 0.15) is 46.5 Å². The Hall–Kier alpha value is -3.61. The third-order valence-electron chi connectivity index (χ3n) is 6.45. The van der Waals surface area contributed by atoms with Crippen molar-refractivity contribution in [3.63, 3.8) is 0 Å². The first-order chi connectivity index (χ1) is 16.3. The normalized spacial score (nSPS) is 18.0. The maximum absolute atomic E-state index is 13.5. The van der Waals surface area contributed by atoms with E-state index in [1.807, 2.05) is 68.4 Å². The Labute approximate surface area is 200 Å². The number of anilines is 1. The Bertz CT molecular complexity index is 1130. The number of benzene rings is 2. The number of carbonyl (C=O) groups excluding carboxylic acids is 1. The van der Waals surface area contributed by atoms with Crippen molar-refractivity contribution in [2.75, 3.05) is 4.90 Å². The Morgan fingerprint density at radius 2 is 1.62 bits per heavy atom. The summed E-state index contributed by atoms with van der Waals surface area (Å²) in [5, 5.41) is 13.9. The first-order valence-electron chi connectivity index (χ1n) is 11.8. The summed E-state index contributed by atoms with van der Waals surface area (Å²) in [7, 11) is 0. The molecule has 0 atom stereocenters. The molecule has 4 rings (SSSR count). The summed E-state index contributed by atoms with van der Waals surface area (Å²) in [5.41, 5.74) is 2.90. The number of rotatable bonds is 6. The van der Waals surface area contributed by atoms with E-state index < -0.39 is 6.16 Å². The summed E-state index contributed by atoms with van der Waals surface area (Å²) < 4.78 is 6.63. The number of carboxylic acid groups (broad SMARTS) is 1. The average molecular weight is 462 g/mol. The molecule has 0 aliphatic heterocycles. The van der Waals surface area contributed by atoms with Crippen LogP contribution in [-0.2, 0) is 4.79 Å². The minimum absolute atomic E-state index is 0.0261. The highest BCUT2D eigenvalue weighted by atomic mass is 16.7. The summed E-state index contributed by atoms with van der Waals surface area (Å²) in [6.07, 6.45) is 3.78. The second-order valence-corrected chi connectivity index (χ2v) is 9.30. The number of amides is 1. The standard InChI is InChI=1S/C27H31N3O4/c1-18(2)30(26(31)22-11-9-19(3)10-12-22)25-24(34-27(32)33)17-29(28-25)23-15-13-21(14-16-23)20-7-5-4-6-8-20/h4-8,13-19,22H,9-12H2,1-3H3,(H,32,33). The minimum atomic E-state index is -1.44. The fourth-order valence-electron chi connectivity index (χ4n) is 4.56. The van der Waals surface area contributed by atoms with Crippen LogP contribution in [0, 0.1) is 11.8 Å². The van der Waals surface area contributed by atoms with Crippen molar-refractivity contribution in [2.24, 2.45) is 11.8 Å². The molecule has 1 aliphatic carbocycles. The van der Waals surface area contributed by atoms with E-state index in [-0.39, 0.29) is 29.4 Å². The fraction of sp³-hybridized carbons (Fsp3) is 0.370. The molecule has 1 saturated carbocycles. The summed E-state index contributed by atoms with van der Waals surface area (Å²) in [5.74, 6) is 0.785. The third-order valence-corrected chi connectivity index (χ3v) is 6.45. The van der Waals surface area contributed by atoms with Crippen LogP contribution < -0.4 is 9.64 Å². The van der Waals surface area contributed by atoms with Crippen molar-refractivity contribution >= 4 is 17.9 Å². The van der Waals surface area contributed by atoms with Gasteiger partial charge in [0.15, 0.2) is 5.75 Å². The first-order valence-corrected chi connectivity index (χ1v) is 11.8. The highest BCUT2D eigenvalue weighted by molar-refractivity contribution is 5.96. The molecule has 1 aromatic heterocycles. The lowest BCUT2D eigenvalue weighted by Gasteiger charge is -2.32. The third kappa shape index (κ3) is 5.14. The van der Waals surface area contributed by atoms with Gasteiger partial charge < -0.3 is 9.84 Å². The van der Waals surface area contributed by atoms with Gasteiger partial charge in [0.05, 0.1) is 11.9 Å². The lowest BCUT2D eigenvalue weighted by Crippen LogP contribution is -2.42. The molecule has 0 bridgehead atoms. The van der Waals surface area contributed by atoms with Crippen LogP contribution in [0.15, 0.2) is 60.8 Å². The molecule has 1 fully saturated rings. The molecular weight excluding hydrogens is 430 g/mol. The van der Waals surface area contributed by atoms with Gasteiger partial charge in [-0.15, -0.1) is 5.10 Å². The molecule has 2 aromatic carbocycles. The van der Waals surface area contributed by atoms with E-state index in [1.165, 1.54) is 6.20 Å². The molecule has 178 valence electrons. The van der Waals surface area contributed by atoms with Gasteiger partial charge in [-0.05, 0) is 68.7 Å². The molecular formula is C27H31N3O4. The van der Waals surface area contributed by atoms with Crippen molar-refractivity contribution in [1.29, 1.82) is 0 Å². The molecule has 3 aromatic rings. The van der Waals surface area contributed by atoms with E-state index in [1.54, 1.807) is 9.58 Å². The lowest BCUT2D eigenvalue weighted by atomic mass is 9.82. The van der Waals surface area contributed by atoms with E-state index in [9.17, 15) is 14.7 Å². The highest BCUT2D eigenvalue weighted by Crippen LogP contribution is 2.35. The minimum Gasteiger partial charge on any atom is -0.449 e. The Balaban J connectivity index is 1.67. The number of aromatic nitrogens is 2. The molecule has 7 nitrogen and oxygen atoms in total. The Morgan fingerprint density at radius 1 is 1.00 bits per heavy atom. The number of nitrogens with zero attached hydrogens (tertiary/aromatic N) is 3. The number of ether oxygens (including phenoxy) is 1. The molecule has 0 unspecified atom stereocenters. The van der Waals surface area contributed by atoms with Gasteiger partial charge in [-0.1, -0.05) is 49.4 Å². The molecule has 7 heteroatoms. The van der Waals surface area contributed by atoms with E-state index >= 15 is 0 Å². The van der Waals surface area contributed by atoms with Gasteiger partial charge in [0, 0.05) is 12.0 Å². The quantitative estimate of drug-likeness (QED) is 0.444. The predicted octanol–water partition coefficient (Wildman–Crippen LogP) is 6.16. The van der Waals surface area contributed by atoms with Gasteiger partial charge in [-0.25, -0.2) is 9.48 Å². The van der Waals surface area contributed by atoms with E-state index in [0.29, 0.717) is 5.92 Å². The van der Waals surface area contributed by atoms with Crippen LogP contribution in [0.2, 0.25) is 0 Å². The summed E-state index contributed by atoms with van der Waals surface area (Å²) in [4.78, 5) is 26.5. The molecule has 1 heterocycles. The van der Waals surface area contributed by atoms with Crippen LogP contribution in [0.4, 0.5) is 10.6 Å². The van der Waals surface area contributed by atoms with Crippen LogP contribution in [-0.4, -0.2) is 33.0 Å². The molecule has 0 saturated heterocycles. The summed E-state index contributed by atoms with van der Waals surface area (Å²) in [6.45, 7) is 6.02. The van der Waals surface area contributed by atoms with E-state index in [2.05, 4.69) is 12.0 Å². The Morgan fingerprint density at radius 3 is 2.21 bits per heavy atom. The molecule has 34 heavy (non-hydrogen) atoms. The number of carbonyl (C=O) groups is 2. The van der Waals surface area contributed by atoms with Gasteiger partial charge in [0.2, 0.25) is 11.7 Å². The van der Waals surface area contributed by atoms with Gasteiger partial charge in [-0.3, -0.25) is 9.69 Å². The number of hydrogen-bond acceptors (Lipinski definition) is 4. The largest absolute Gasteiger partial charge is 0.511 e. The first kappa shape index (κ1) is 23.5. The summed E-state index contributed by atoms with van der Waals surface area (Å²) in [6, 6.07) is 17.6. The average Bonchev–Trinajstić information content (AvgIpc) is 3.22. The smallest absolute Gasteiger partial charge is 0.449 e. The van der Waals surface area contributed by atoms with Gasteiger partial charge in [0.25, 0.3) is 0 Å². The maximum Gasteiger partial charge on any atom is 0.511 e.